The van der Waals surface area contributed by atoms with Gasteiger partial charge in [-0.05, 0) is 26.3 Å². The third-order valence-corrected chi connectivity index (χ3v) is 6.03. The molecule has 1 aliphatic rings. The summed E-state index contributed by atoms with van der Waals surface area (Å²) in [4.78, 5) is 30.0. The number of ether oxygens (including phenoxy) is 4. The molecule has 0 saturated carbocycles. The van der Waals surface area contributed by atoms with E-state index in [4.69, 9.17) is 28.5 Å². The molecule has 2 aromatic carbocycles. The fourth-order valence-corrected chi connectivity index (χ4v) is 4.26. The van der Waals surface area contributed by atoms with Gasteiger partial charge < -0.3 is 23.5 Å². The maximum atomic E-state index is 12.9. The molecule has 0 radical (unpaired) electrons. The van der Waals surface area contributed by atoms with Crippen LogP contribution in [-0.4, -0.2) is 61.2 Å². The van der Waals surface area contributed by atoms with Crippen molar-refractivity contribution in [3.8, 4) is 11.3 Å². The molecule has 206 valence electrons. The van der Waals surface area contributed by atoms with E-state index < -0.39 is 24.3 Å². The van der Waals surface area contributed by atoms with E-state index in [2.05, 4.69) is 10.6 Å². The molecule has 1 aromatic heterocycles. The highest BCUT2D eigenvalue weighted by atomic mass is 16.6. The summed E-state index contributed by atoms with van der Waals surface area (Å²) < 4.78 is 27.9. The number of carbonyl (C=O) groups is 2. The van der Waals surface area contributed by atoms with E-state index in [0.717, 1.165) is 16.1 Å². The van der Waals surface area contributed by atoms with Gasteiger partial charge >= 0.3 is 12.2 Å². The van der Waals surface area contributed by atoms with Crippen molar-refractivity contribution in [2.45, 2.75) is 39.0 Å². The Balaban J connectivity index is 1.79. The summed E-state index contributed by atoms with van der Waals surface area (Å²) in [5.74, 6) is 0.523. The zero-order chi connectivity index (χ0) is 27.8. The second-order valence-electron chi connectivity index (χ2n) is 8.62. The molecule has 2 amide bonds. The third kappa shape index (κ3) is 6.20. The van der Waals surface area contributed by atoms with E-state index in [0.29, 0.717) is 17.9 Å². The summed E-state index contributed by atoms with van der Waals surface area (Å²) in [6, 6.07) is 17.9. The summed E-state index contributed by atoms with van der Waals surface area (Å²) in [7, 11) is 1.61. The molecule has 11 nitrogen and oxygen atoms in total. The Morgan fingerprint density at radius 2 is 1.69 bits per heavy atom. The van der Waals surface area contributed by atoms with Gasteiger partial charge in [0.05, 0.1) is 19.8 Å². The van der Waals surface area contributed by atoms with Crippen molar-refractivity contribution >= 4 is 18.1 Å². The standard InChI is InChI=1S/C28H32N4O7/c1-5-36-27(33)30-32(28(34)37-6-2)18(3)24-22(23(31-39-24)19-13-9-7-10-14-19)26-29-21(17-35-4)25(38-26)20-15-11-8-12-16-20/h7-16,18,21,25H,5-6,17H2,1-4H3,(H,30,33)/t18-,21+,25+/m1/s1. The SMILES string of the molecule is CCOC(=O)NN(C(=O)OCC)[C@H](C)c1onc(-c2ccccc2)c1C1=N[C@@H](COC)[C@H](c2ccccc2)O1. The summed E-state index contributed by atoms with van der Waals surface area (Å²) in [6.07, 6.45) is -2.03. The predicted molar refractivity (Wildman–Crippen MR) is 142 cm³/mol. The van der Waals surface area contributed by atoms with Gasteiger partial charge in [-0.25, -0.2) is 25.0 Å². The van der Waals surface area contributed by atoms with Crippen LogP contribution >= 0.6 is 0 Å². The van der Waals surface area contributed by atoms with Crippen LogP contribution in [0.25, 0.3) is 11.3 Å². The number of methoxy groups -OCH3 is 1. The number of nitrogens with one attached hydrogen (secondary N) is 1. The van der Waals surface area contributed by atoms with Crippen molar-refractivity contribution < 1.29 is 33.1 Å². The number of hydrogen-bond acceptors (Lipinski definition) is 9. The molecule has 3 aromatic rings. The summed E-state index contributed by atoms with van der Waals surface area (Å²) >= 11 is 0. The van der Waals surface area contributed by atoms with Crippen molar-refractivity contribution in [1.82, 2.24) is 15.6 Å². The normalized spacial score (nSPS) is 17.1. The molecular formula is C28H32N4O7. The molecule has 0 unspecified atom stereocenters. The van der Waals surface area contributed by atoms with Crippen LogP contribution < -0.4 is 5.43 Å². The van der Waals surface area contributed by atoms with E-state index >= 15 is 0 Å². The Morgan fingerprint density at radius 3 is 2.33 bits per heavy atom. The van der Waals surface area contributed by atoms with Crippen LogP contribution in [-0.2, 0) is 18.9 Å². The van der Waals surface area contributed by atoms with Crippen molar-refractivity contribution in [3.63, 3.8) is 0 Å². The average molecular weight is 537 g/mol. The molecule has 0 bridgehead atoms. The van der Waals surface area contributed by atoms with Gasteiger partial charge in [0.25, 0.3) is 0 Å². The number of amides is 2. The molecule has 0 fully saturated rings. The highest BCUT2D eigenvalue weighted by Gasteiger charge is 2.39. The number of benzene rings is 2. The molecule has 0 aliphatic carbocycles. The monoisotopic (exact) mass is 536 g/mol. The van der Waals surface area contributed by atoms with Crippen molar-refractivity contribution in [2.24, 2.45) is 4.99 Å². The lowest BCUT2D eigenvalue weighted by atomic mass is 10.0. The second-order valence-corrected chi connectivity index (χ2v) is 8.62. The second kappa shape index (κ2) is 12.9. The molecule has 3 atom stereocenters. The van der Waals surface area contributed by atoms with Crippen molar-refractivity contribution in [1.29, 1.82) is 0 Å². The maximum absolute atomic E-state index is 12.9. The largest absolute Gasteiger partial charge is 0.467 e. The average Bonchev–Trinajstić information content (AvgIpc) is 3.57. The van der Waals surface area contributed by atoms with Crippen LogP contribution in [0.4, 0.5) is 9.59 Å². The Kier molecular flexibility index (Phi) is 9.16. The van der Waals surface area contributed by atoms with Gasteiger partial charge in [-0.15, -0.1) is 0 Å². The van der Waals surface area contributed by atoms with Crippen LogP contribution in [0.3, 0.4) is 0 Å². The summed E-state index contributed by atoms with van der Waals surface area (Å²) in [5, 5.41) is 5.33. The first kappa shape index (κ1) is 27.6. The molecular weight excluding hydrogens is 504 g/mol. The third-order valence-electron chi connectivity index (χ3n) is 6.03. The minimum atomic E-state index is -0.878. The first-order chi connectivity index (χ1) is 19.0. The molecule has 39 heavy (non-hydrogen) atoms. The number of nitrogens with zero attached hydrogens (tertiary/aromatic N) is 3. The van der Waals surface area contributed by atoms with Gasteiger partial charge in [-0.2, -0.15) is 0 Å². The minimum absolute atomic E-state index is 0.0956. The van der Waals surface area contributed by atoms with Crippen LogP contribution in [0.5, 0.6) is 0 Å². The van der Waals surface area contributed by atoms with Crippen LogP contribution in [0.2, 0.25) is 0 Å². The number of hydrazine groups is 1. The minimum Gasteiger partial charge on any atom is -0.467 e. The number of aromatic nitrogens is 1. The van der Waals surface area contributed by atoms with Crippen LogP contribution in [0, 0.1) is 0 Å². The first-order valence-corrected chi connectivity index (χ1v) is 12.7. The molecule has 2 heterocycles. The van der Waals surface area contributed by atoms with E-state index in [1.807, 2.05) is 60.7 Å². The Bertz CT molecular complexity index is 1280. The van der Waals surface area contributed by atoms with Gasteiger partial charge in [0.1, 0.15) is 23.3 Å². The Morgan fingerprint density at radius 1 is 1.03 bits per heavy atom. The number of aliphatic imine (C=N–C) groups is 1. The fraction of sp³-hybridized carbons (Fsp3) is 0.357. The molecule has 4 rings (SSSR count). The summed E-state index contributed by atoms with van der Waals surface area (Å²) in [6.45, 7) is 5.53. The molecule has 0 spiro atoms. The van der Waals surface area contributed by atoms with Gasteiger partial charge in [-0.3, -0.25) is 0 Å². The number of hydrogen-bond donors (Lipinski definition) is 1. The lowest BCUT2D eigenvalue weighted by Gasteiger charge is -2.27. The van der Waals surface area contributed by atoms with Crippen molar-refractivity contribution in [3.05, 3.63) is 77.6 Å². The molecule has 11 heteroatoms. The maximum Gasteiger partial charge on any atom is 0.429 e. The molecule has 0 saturated heterocycles. The Labute approximate surface area is 226 Å². The lowest BCUT2D eigenvalue weighted by molar-refractivity contribution is 0.0524. The van der Waals surface area contributed by atoms with E-state index in [9.17, 15) is 9.59 Å². The molecule has 1 aliphatic heterocycles. The zero-order valence-electron chi connectivity index (χ0n) is 22.3. The highest BCUT2D eigenvalue weighted by molar-refractivity contribution is 6.02. The van der Waals surface area contributed by atoms with Gasteiger partial charge in [0.15, 0.2) is 11.9 Å². The predicted octanol–water partition coefficient (Wildman–Crippen LogP) is 5.06. The van der Waals surface area contributed by atoms with E-state index in [1.54, 1.807) is 27.9 Å². The zero-order valence-corrected chi connectivity index (χ0v) is 22.3. The smallest absolute Gasteiger partial charge is 0.429 e. The first-order valence-electron chi connectivity index (χ1n) is 12.7. The fourth-order valence-electron chi connectivity index (χ4n) is 4.26. The topological polar surface area (TPSA) is 125 Å². The summed E-state index contributed by atoms with van der Waals surface area (Å²) in [5.41, 5.74) is 5.06. The Hall–Kier alpha value is -4.38. The van der Waals surface area contributed by atoms with Crippen LogP contribution in [0.15, 0.2) is 70.2 Å². The van der Waals surface area contributed by atoms with Crippen LogP contribution in [0.1, 0.15) is 49.8 Å². The van der Waals surface area contributed by atoms with Gasteiger partial charge in [-0.1, -0.05) is 65.8 Å². The van der Waals surface area contributed by atoms with E-state index in [-0.39, 0.29) is 30.9 Å². The van der Waals surface area contributed by atoms with E-state index in [1.165, 1.54) is 0 Å². The number of rotatable bonds is 9. The molecule has 1 N–H and O–H groups in total. The van der Waals surface area contributed by atoms with Crippen molar-refractivity contribution in [2.75, 3.05) is 26.9 Å². The highest BCUT2D eigenvalue weighted by Crippen LogP contribution is 2.38. The van der Waals surface area contributed by atoms with Gasteiger partial charge in [0.2, 0.25) is 5.90 Å². The number of carbonyl (C=O) groups excluding carboxylic acids is 2. The quantitative estimate of drug-likeness (QED) is 0.377. The lowest BCUT2D eigenvalue weighted by Crippen LogP contribution is -2.48. The van der Waals surface area contributed by atoms with Gasteiger partial charge in [0, 0.05) is 12.7 Å².